The third-order valence-electron chi connectivity index (χ3n) is 3.86. The van der Waals surface area contributed by atoms with Crippen LogP contribution < -0.4 is 14.8 Å². The maximum atomic E-state index is 12.1. The molecule has 25 heavy (non-hydrogen) atoms. The molecule has 2 rings (SSSR count). The van der Waals surface area contributed by atoms with Gasteiger partial charge in [0.1, 0.15) is 0 Å². The number of nitrogens with zero attached hydrogens (tertiary/aromatic N) is 2. The summed E-state index contributed by atoms with van der Waals surface area (Å²) >= 11 is 0. The summed E-state index contributed by atoms with van der Waals surface area (Å²) in [6, 6.07) is 5.49. The molecule has 1 aromatic heterocycles. The van der Waals surface area contributed by atoms with Gasteiger partial charge in [-0.1, -0.05) is 12.1 Å². The van der Waals surface area contributed by atoms with Crippen LogP contribution in [0, 0.1) is 20.8 Å². The minimum atomic E-state index is -0.218. The normalized spacial score (nSPS) is 10.8. The van der Waals surface area contributed by atoms with Gasteiger partial charge in [-0.05, 0) is 32.9 Å². The molecular formula is C19H23N3O3. The Hall–Kier alpha value is -2.89. The van der Waals surface area contributed by atoms with Gasteiger partial charge in [-0.25, -0.2) is 0 Å². The molecule has 1 N–H and O–H groups in total. The number of nitrogens with one attached hydrogen (secondary N) is 1. The predicted molar refractivity (Wildman–Crippen MR) is 96.7 cm³/mol. The average Bonchev–Trinajstić information content (AvgIpc) is 2.61. The summed E-state index contributed by atoms with van der Waals surface area (Å²) in [5, 5.41) is 2.82. The molecule has 0 bridgehead atoms. The zero-order valence-corrected chi connectivity index (χ0v) is 15.2. The number of carbonyl (C=O) groups excluding carboxylic acids is 1. The van der Waals surface area contributed by atoms with Gasteiger partial charge in [-0.2, -0.15) is 0 Å². The second-order valence-electron chi connectivity index (χ2n) is 5.56. The van der Waals surface area contributed by atoms with E-state index in [0.29, 0.717) is 18.0 Å². The summed E-state index contributed by atoms with van der Waals surface area (Å²) in [7, 11) is 3.14. The first kappa shape index (κ1) is 18.4. The number of rotatable bonds is 6. The lowest BCUT2D eigenvalue weighted by molar-refractivity contribution is -0.116. The fourth-order valence-electron chi connectivity index (χ4n) is 2.37. The molecule has 1 heterocycles. The van der Waals surface area contributed by atoms with E-state index in [1.165, 1.54) is 6.08 Å². The van der Waals surface area contributed by atoms with Gasteiger partial charge in [0.2, 0.25) is 5.91 Å². The van der Waals surface area contributed by atoms with Gasteiger partial charge in [0.15, 0.2) is 11.5 Å². The monoisotopic (exact) mass is 341 g/mol. The molecule has 0 saturated carbocycles. The first-order valence-electron chi connectivity index (χ1n) is 7.94. The number of amides is 1. The molecule has 6 nitrogen and oxygen atoms in total. The van der Waals surface area contributed by atoms with Crippen molar-refractivity contribution in [3.8, 4) is 11.5 Å². The second kappa shape index (κ2) is 8.28. The summed E-state index contributed by atoms with van der Waals surface area (Å²) in [6.07, 6.45) is 3.15. The number of methoxy groups -OCH3 is 2. The summed E-state index contributed by atoms with van der Waals surface area (Å²) in [5.41, 5.74) is 4.12. The van der Waals surface area contributed by atoms with Crippen LogP contribution in [-0.4, -0.2) is 30.1 Å². The lowest BCUT2D eigenvalue weighted by Crippen LogP contribution is -2.22. The highest BCUT2D eigenvalue weighted by molar-refractivity contribution is 5.92. The number of carbonyl (C=O) groups is 1. The van der Waals surface area contributed by atoms with Crippen LogP contribution in [0.15, 0.2) is 24.3 Å². The van der Waals surface area contributed by atoms with Crippen molar-refractivity contribution in [1.29, 1.82) is 0 Å². The van der Waals surface area contributed by atoms with Crippen LogP contribution in [0.1, 0.15) is 28.3 Å². The first-order valence-corrected chi connectivity index (χ1v) is 7.94. The quantitative estimate of drug-likeness (QED) is 0.818. The average molecular weight is 341 g/mol. The van der Waals surface area contributed by atoms with Crippen molar-refractivity contribution in [1.82, 2.24) is 15.3 Å². The predicted octanol–water partition coefficient (Wildman–Crippen LogP) is 2.75. The van der Waals surface area contributed by atoms with Crippen LogP contribution >= 0.6 is 0 Å². The summed E-state index contributed by atoms with van der Waals surface area (Å²) < 4.78 is 10.6. The number of hydrogen-bond acceptors (Lipinski definition) is 5. The van der Waals surface area contributed by atoms with Crippen LogP contribution in [-0.2, 0) is 11.3 Å². The third kappa shape index (κ3) is 4.56. The van der Waals surface area contributed by atoms with E-state index in [1.807, 2.05) is 32.9 Å². The molecule has 1 amide bonds. The van der Waals surface area contributed by atoms with Gasteiger partial charge in [-0.3, -0.25) is 14.8 Å². The summed E-state index contributed by atoms with van der Waals surface area (Å²) in [5.74, 6) is 0.986. The smallest absolute Gasteiger partial charge is 0.244 e. The van der Waals surface area contributed by atoms with E-state index in [0.717, 1.165) is 28.3 Å². The number of benzene rings is 1. The second-order valence-corrected chi connectivity index (χ2v) is 5.56. The molecule has 132 valence electrons. The number of aryl methyl sites for hydroxylation is 3. The largest absolute Gasteiger partial charge is 0.493 e. The standard InChI is InChI=1S/C19H23N3O3/c1-12-13(2)22-16(14(3)21-12)11-20-18(23)10-9-15-7-6-8-17(24-4)19(15)25-5/h6-10H,11H2,1-5H3,(H,20,23)/b10-9+. The Labute approximate surface area is 147 Å². The third-order valence-corrected chi connectivity index (χ3v) is 3.86. The Morgan fingerprint density at radius 1 is 1.08 bits per heavy atom. The molecule has 0 atom stereocenters. The highest BCUT2D eigenvalue weighted by Crippen LogP contribution is 2.31. The lowest BCUT2D eigenvalue weighted by Gasteiger charge is -2.10. The van der Waals surface area contributed by atoms with Gasteiger partial charge in [0, 0.05) is 11.6 Å². The molecule has 1 aromatic carbocycles. The van der Waals surface area contributed by atoms with Gasteiger partial charge in [0.05, 0.1) is 43.5 Å². The van der Waals surface area contributed by atoms with Crippen molar-refractivity contribution in [2.24, 2.45) is 0 Å². The molecule has 0 unspecified atom stereocenters. The van der Waals surface area contributed by atoms with Crippen molar-refractivity contribution in [3.05, 3.63) is 52.6 Å². The van der Waals surface area contributed by atoms with Crippen molar-refractivity contribution >= 4 is 12.0 Å². The Morgan fingerprint density at radius 3 is 2.48 bits per heavy atom. The van der Waals surface area contributed by atoms with Gasteiger partial charge < -0.3 is 14.8 Å². The maximum Gasteiger partial charge on any atom is 0.244 e. The number of ether oxygens (including phenoxy) is 2. The molecule has 0 aliphatic carbocycles. The maximum absolute atomic E-state index is 12.1. The highest BCUT2D eigenvalue weighted by Gasteiger charge is 2.08. The molecule has 0 fully saturated rings. The molecule has 0 aliphatic heterocycles. The minimum Gasteiger partial charge on any atom is -0.493 e. The number of aromatic nitrogens is 2. The molecule has 0 saturated heterocycles. The van der Waals surface area contributed by atoms with E-state index >= 15 is 0 Å². The van der Waals surface area contributed by atoms with E-state index in [9.17, 15) is 4.79 Å². The van der Waals surface area contributed by atoms with Crippen molar-refractivity contribution in [2.45, 2.75) is 27.3 Å². The highest BCUT2D eigenvalue weighted by atomic mass is 16.5. The Kier molecular flexibility index (Phi) is 6.11. The zero-order chi connectivity index (χ0) is 18.4. The van der Waals surface area contributed by atoms with E-state index in [2.05, 4.69) is 15.3 Å². The minimum absolute atomic E-state index is 0.218. The van der Waals surface area contributed by atoms with E-state index < -0.39 is 0 Å². The molecule has 0 radical (unpaired) electrons. The number of hydrogen-bond donors (Lipinski definition) is 1. The van der Waals surface area contributed by atoms with Crippen LogP contribution in [0.2, 0.25) is 0 Å². The zero-order valence-electron chi connectivity index (χ0n) is 15.2. The van der Waals surface area contributed by atoms with Gasteiger partial charge >= 0.3 is 0 Å². The summed E-state index contributed by atoms with van der Waals surface area (Å²) in [4.78, 5) is 21.0. The fraction of sp³-hybridized carbons (Fsp3) is 0.316. The molecule has 0 spiro atoms. The fourth-order valence-corrected chi connectivity index (χ4v) is 2.37. The van der Waals surface area contributed by atoms with E-state index in [-0.39, 0.29) is 5.91 Å². The number of para-hydroxylation sites is 1. The Morgan fingerprint density at radius 2 is 1.80 bits per heavy atom. The SMILES string of the molecule is COc1cccc(/C=C/C(=O)NCc2nc(C)c(C)nc2C)c1OC. The molecule has 0 aliphatic rings. The van der Waals surface area contributed by atoms with Crippen LogP contribution in [0.3, 0.4) is 0 Å². The molecular weight excluding hydrogens is 318 g/mol. The van der Waals surface area contributed by atoms with E-state index in [1.54, 1.807) is 26.4 Å². The molecule has 2 aromatic rings. The van der Waals surface area contributed by atoms with Crippen LogP contribution in [0.4, 0.5) is 0 Å². The van der Waals surface area contributed by atoms with Crippen molar-refractivity contribution < 1.29 is 14.3 Å². The van der Waals surface area contributed by atoms with Crippen molar-refractivity contribution in [3.63, 3.8) is 0 Å². The molecule has 6 heteroatoms. The van der Waals surface area contributed by atoms with Crippen molar-refractivity contribution in [2.75, 3.05) is 14.2 Å². The Balaban J connectivity index is 2.06. The van der Waals surface area contributed by atoms with Crippen LogP contribution in [0.5, 0.6) is 11.5 Å². The first-order chi connectivity index (χ1) is 12.0. The lowest BCUT2D eigenvalue weighted by atomic mass is 10.1. The Bertz CT molecular complexity index is 801. The van der Waals surface area contributed by atoms with E-state index in [4.69, 9.17) is 9.47 Å². The van der Waals surface area contributed by atoms with Gasteiger partial charge in [-0.15, -0.1) is 0 Å². The topological polar surface area (TPSA) is 73.3 Å². The van der Waals surface area contributed by atoms with Crippen LogP contribution in [0.25, 0.3) is 6.08 Å². The van der Waals surface area contributed by atoms with Gasteiger partial charge in [0.25, 0.3) is 0 Å². The summed E-state index contributed by atoms with van der Waals surface area (Å²) in [6.45, 7) is 6.04.